The van der Waals surface area contributed by atoms with Gasteiger partial charge in [-0.2, -0.15) is 0 Å². The van der Waals surface area contributed by atoms with E-state index in [1.807, 2.05) is 36.4 Å². The molecule has 130 valence electrons. The van der Waals surface area contributed by atoms with E-state index in [0.717, 1.165) is 16.5 Å². The van der Waals surface area contributed by atoms with Crippen LogP contribution in [0.2, 0.25) is 10.0 Å². The maximum absolute atomic E-state index is 12.3. The van der Waals surface area contributed by atoms with Crippen LogP contribution in [0.25, 0.3) is 17.0 Å². The monoisotopic (exact) mass is 423 g/mol. The van der Waals surface area contributed by atoms with E-state index in [9.17, 15) is 4.79 Å². The van der Waals surface area contributed by atoms with Gasteiger partial charge in [0, 0.05) is 11.6 Å². The number of pyridine rings is 1. The zero-order valence-electron chi connectivity index (χ0n) is 13.2. The Hall–Kier alpha value is -1.34. The summed E-state index contributed by atoms with van der Waals surface area (Å²) < 4.78 is 0. The van der Waals surface area contributed by atoms with Crippen LogP contribution >= 0.6 is 35.0 Å². The number of nitrogens with zero attached hydrogens (tertiary/aromatic N) is 2. The summed E-state index contributed by atoms with van der Waals surface area (Å²) in [6.07, 6.45) is 3.58. The molecule has 1 aliphatic rings. The molecule has 0 spiro atoms. The van der Waals surface area contributed by atoms with Gasteiger partial charge in [-0.15, -0.1) is 0 Å². The maximum atomic E-state index is 12.3. The number of amides is 1. The number of carbonyl (C=O) groups is 1. The first-order valence-electron chi connectivity index (χ1n) is 7.68. The molecule has 2 aromatic carbocycles. The standard InChI is InChI=1S/C19H11Cl2N3OS.Na.H/c20-13-4-1-5-14(21)17(13)23-19-24-18(25)16(26-19)10-11-6-7-15-12(9-11)3-2-8-22-15;;/h1-10H,(H,23,24,25);;/b16-10-;;. The number of para-hydroxylation sites is 1. The molecule has 3 aromatic rings. The van der Waals surface area contributed by atoms with E-state index in [-0.39, 0.29) is 35.5 Å². The number of hydrogen-bond acceptors (Lipinski definition) is 4. The molecule has 0 aliphatic carbocycles. The van der Waals surface area contributed by atoms with Gasteiger partial charge >= 0.3 is 29.6 Å². The summed E-state index contributed by atoms with van der Waals surface area (Å²) in [5, 5.41) is 5.06. The number of halogens is 2. The quantitative estimate of drug-likeness (QED) is 0.476. The second-order valence-corrected chi connectivity index (χ2v) is 7.35. The molecule has 0 saturated carbocycles. The van der Waals surface area contributed by atoms with Crippen LogP contribution in [0.1, 0.15) is 5.56 Å². The average Bonchev–Trinajstić information content (AvgIpc) is 2.97. The van der Waals surface area contributed by atoms with Gasteiger partial charge in [-0.25, -0.2) is 4.99 Å². The zero-order chi connectivity index (χ0) is 18.1. The first-order valence-corrected chi connectivity index (χ1v) is 9.26. The Morgan fingerprint density at radius 2 is 1.85 bits per heavy atom. The van der Waals surface area contributed by atoms with Crippen molar-refractivity contribution in [2.24, 2.45) is 4.99 Å². The second-order valence-electron chi connectivity index (χ2n) is 5.51. The third kappa shape index (κ3) is 4.57. The van der Waals surface area contributed by atoms with E-state index in [2.05, 4.69) is 15.3 Å². The molecule has 1 fully saturated rings. The predicted octanol–water partition coefficient (Wildman–Crippen LogP) is 4.78. The van der Waals surface area contributed by atoms with Gasteiger partial charge in [0.15, 0.2) is 5.17 Å². The van der Waals surface area contributed by atoms with Crippen molar-refractivity contribution in [2.45, 2.75) is 0 Å². The van der Waals surface area contributed by atoms with Gasteiger partial charge in [0.2, 0.25) is 0 Å². The molecule has 0 bridgehead atoms. The molecule has 1 amide bonds. The summed E-state index contributed by atoms with van der Waals surface area (Å²) in [6.45, 7) is 0. The summed E-state index contributed by atoms with van der Waals surface area (Å²) in [7, 11) is 0. The van der Waals surface area contributed by atoms with Crippen molar-refractivity contribution >= 4 is 98.3 Å². The van der Waals surface area contributed by atoms with Crippen LogP contribution < -0.4 is 5.32 Å². The molecular formula is C19H12Cl2N3NaOS. The molecule has 0 unspecified atom stereocenters. The van der Waals surface area contributed by atoms with Crippen molar-refractivity contribution in [1.82, 2.24) is 10.3 Å². The molecule has 27 heavy (non-hydrogen) atoms. The molecule has 2 heterocycles. The summed E-state index contributed by atoms with van der Waals surface area (Å²) >= 11 is 13.5. The molecule has 1 aliphatic heterocycles. The van der Waals surface area contributed by atoms with Crippen LogP contribution in [0.5, 0.6) is 0 Å². The summed E-state index contributed by atoms with van der Waals surface area (Å²) in [4.78, 5) is 21.5. The predicted molar refractivity (Wildman–Crippen MR) is 116 cm³/mol. The molecule has 8 heteroatoms. The Morgan fingerprint density at radius 1 is 1.07 bits per heavy atom. The number of amidine groups is 1. The summed E-state index contributed by atoms with van der Waals surface area (Å²) in [5.41, 5.74) is 2.27. The van der Waals surface area contributed by atoms with Crippen molar-refractivity contribution in [3.05, 3.63) is 75.2 Å². The van der Waals surface area contributed by atoms with Crippen molar-refractivity contribution in [3.63, 3.8) is 0 Å². The van der Waals surface area contributed by atoms with Crippen molar-refractivity contribution < 1.29 is 4.79 Å². The molecule has 1 saturated heterocycles. The van der Waals surface area contributed by atoms with E-state index in [0.29, 0.717) is 25.8 Å². The molecule has 0 radical (unpaired) electrons. The third-order valence-electron chi connectivity index (χ3n) is 3.73. The molecule has 4 rings (SSSR count). The Bertz CT molecular complexity index is 1080. The molecule has 1 aromatic heterocycles. The van der Waals surface area contributed by atoms with E-state index >= 15 is 0 Å². The summed E-state index contributed by atoms with van der Waals surface area (Å²) in [5.74, 6) is -0.205. The number of rotatable bonds is 2. The number of carbonyl (C=O) groups excluding carboxylic acids is 1. The Morgan fingerprint density at radius 3 is 2.63 bits per heavy atom. The average molecular weight is 424 g/mol. The fraction of sp³-hybridized carbons (Fsp3) is 0. The fourth-order valence-corrected chi connectivity index (χ4v) is 3.82. The Balaban J connectivity index is 0.00000210. The minimum absolute atomic E-state index is 0. The van der Waals surface area contributed by atoms with E-state index in [1.54, 1.807) is 24.4 Å². The number of hydrogen-bond donors (Lipinski definition) is 1. The van der Waals surface area contributed by atoms with Crippen LogP contribution in [0.4, 0.5) is 5.69 Å². The second kappa shape index (κ2) is 8.78. The van der Waals surface area contributed by atoms with Gasteiger partial charge < -0.3 is 5.32 Å². The normalized spacial score (nSPS) is 16.6. The number of nitrogens with one attached hydrogen (secondary N) is 1. The summed E-state index contributed by atoms with van der Waals surface area (Å²) in [6, 6.07) is 14.9. The van der Waals surface area contributed by atoms with Crippen LogP contribution in [-0.2, 0) is 4.79 Å². The molecule has 4 nitrogen and oxygen atoms in total. The van der Waals surface area contributed by atoms with Gasteiger partial charge in [0.05, 0.1) is 20.5 Å². The topological polar surface area (TPSA) is 54.4 Å². The van der Waals surface area contributed by atoms with E-state index < -0.39 is 0 Å². The molecule has 0 atom stereocenters. The van der Waals surface area contributed by atoms with Crippen LogP contribution in [0, 0.1) is 0 Å². The van der Waals surface area contributed by atoms with Crippen LogP contribution in [0.15, 0.2) is 64.6 Å². The van der Waals surface area contributed by atoms with E-state index in [1.165, 1.54) is 11.8 Å². The van der Waals surface area contributed by atoms with Gasteiger partial charge in [0.1, 0.15) is 5.69 Å². The van der Waals surface area contributed by atoms with Crippen molar-refractivity contribution in [1.29, 1.82) is 0 Å². The number of fused-ring (bicyclic) bond motifs is 1. The van der Waals surface area contributed by atoms with Gasteiger partial charge in [-0.05, 0) is 53.7 Å². The Kier molecular flexibility index (Phi) is 6.63. The molecule has 1 N–H and O–H groups in total. The van der Waals surface area contributed by atoms with Gasteiger partial charge in [-0.3, -0.25) is 9.78 Å². The van der Waals surface area contributed by atoms with Crippen molar-refractivity contribution in [3.8, 4) is 0 Å². The van der Waals surface area contributed by atoms with Crippen molar-refractivity contribution in [2.75, 3.05) is 0 Å². The SMILES string of the molecule is O=C1N/C(=N\c2c(Cl)cccc2Cl)S/C1=C\c1ccc2ncccc2c1.[NaH]. The zero-order valence-corrected chi connectivity index (χ0v) is 15.6. The first-order chi connectivity index (χ1) is 12.6. The number of thioether (sulfide) groups is 1. The van der Waals surface area contributed by atoms with Crippen LogP contribution in [-0.4, -0.2) is 45.6 Å². The van der Waals surface area contributed by atoms with E-state index in [4.69, 9.17) is 23.2 Å². The number of aromatic nitrogens is 1. The minimum atomic E-state index is -0.205. The number of aliphatic imine (C=N–C) groups is 1. The first kappa shape index (κ1) is 20.4. The molecular weight excluding hydrogens is 412 g/mol. The third-order valence-corrected chi connectivity index (χ3v) is 5.25. The van der Waals surface area contributed by atoms with Gasteiger partial charge in [-0.1, -0.05) is 41.4 Å². The number of benzene rings is 2. The van der Waals surface area contributed by atoms with Gasteiger partial charge in [0.25, 0.3) is 5.91 Å². The fourth-order valence-electron chi connectivity index (χ4n) is 2.51. The van der Waals surface area contributed by atoms with Crippen LogP contribution in [0.3, 0.4) is 0 Å². The Labute approximate surface area is 192 Å².